The number of hydrogen-bond acceptors (Lipinski definition) is 3. The van der Waals surface area contributed by atoms with Crippen molar-refractivity contribution >= 4 is 23.0 Å². The van der Waals surface area contributed by atoms with E-state index in [4.69, 9.17) is 0 Å². The average molecular weight is 352 g/mol. The number of amides is 2. The Bertz CT molecular complexity index is 1040. The number of aromatic nitrogens is 1. The summed E-state index contributed by atoms with van der Waals surface area (Å²) in [5.74, 6) is 0. The Hall–Kier alpha value is -3.91. The van der Waals surface area contributed by atoms with E-state index in [1.807, 2.05) is 60.8 Å². The Morgan fingerprint density at radius 3 is 2.41 bits per heavy atom. The van der Waals surface area contributed by atoms with Gasteiger partial charge in [-0.25, -0.2) is 4.79 Å². The number of carbonyl (C=O) groups is 1. The molecule has 2 aromatic carbocycles. The van der Waals surface area contributed by atoms with E-state index >= 15 is 0 Å². The summed E-state index contributed by atoms with van der Waals surface area (Å²) in [5, 5.41) is 9.47. The molecule has 0 spiro atoms. The molecule has 3 aromatic rings. The van der Waals surface area contributed by atoms with Gasteiger partial charge in [0.25, 0.3) is 0 Å². The van der Waals surface area contributed by atoms with Crippen molar-refractivity contribution in [2.45, 2.75) is 0 Å². The molecule has 4 rings (SSSR count). The summed E-state index contributed by atoms with van der Waals surface area (Å²) in [6, 6.07) is 24.2. The fraction of sp³-hybridized carbons (Fsp3) is 0.0455. The first kappa shape index (κ1) is 16.6. The van der Waals surface area contributed by atoms with Crippen molar-refractivity contribution in [3.05, 3.63) is 96.5 Å². The molecule has 27 heavy (non-hydrogen) atoms. The molecule has 1 aliphatic heterocycles. The minimum atomic E-state index is -0.205. The first-order valence-corrected chi connectivity index (χ1v) is 8.55. The first-order chi connectivity index (χ1) is 13.3. The third kappa shape index (κ3) is 3.16. The molecule has 5 nitrogen and oxygen atoms in total. The van der Waals surface area contributed by atoms with Crippen molar-refractivity contribution < 1.29 is 4.79 Å². The normalized spacial score (nSPS) is 13.9. The minimum Gasteiger partial charge on any atom is -0.288 e. The highest BCUT2D eigenvalue weighted by molar-refractivity contribution is 6.09. The molecule has 2 heterocycles. The second-order valence-electron chi connectivity index (χ2n) is 6.07. The van der Waals surface area contributed by atoms with Crippen LogP contribution in [0.3, 0.4) is 0 Å². The van der Waals surface area contributed by atoms with Gasteiger partial charge in [-0.1, -0.05) is 36.4 Å². The van der Waals surface area contributed by atoms with Crippen molar-refractivity contribution in [1.82, 2.24) is 4.98 Å². The standard InChI is InChI=1S/C22H16N4O/c23-14-17-8-4-5-12-21(17)26-16-18(20-11-6-7-13-24-20)15-25(22(26)27)19-9-2-1-3-10-19/h1-13,15H,16H2. The summed E-state index contributed by atoms with van der Waals surface area (Å²) < 4.78 is 0. The van der Waals surface area contributed by atoms with E-state index in [2.05, 4.69) is 11.1 Å². The maximum atomic E-state index is 13.2. The molecule has 0 radical (unpaired) electrons. The minimum absolute atomic E-state index is 0.205. The number of pyridine rings is 1. The third-order valence-electron chi connectivity index (χ3n) is 4.39. The highest BCUT2D eigenvalue weighted by Crippen LogP contribution is 2.31. The van der Waals surface area contributed by atoms with E-state index < -0.39 is 0 Å². The van der Waals surface area contributed by atoms with E-state index in [0.717, 1.165) is 17.0 Å². The third-order valence-corrected chi connectivity index (χ3v) is 4.39. The summed E-state index contributed by atoms with van der Waals surface area (Å²) in [4.78, 5) is 20.9. The molecule has 0 fully saturated rings. The van der Waals surface area contributed by atoms with Gasteiger partial charge in [0.15, 0.2) is 0 Å². The van der Waals surface area contributed by atoms with Gasteiger partial charge in [-0.15, -0.1) is 0 Å². The summed E-state index contributed by atoms with van der Waals surface area (Å²) in [6.07, 6.45) is 3.55. The Labute approximate surface area is 157 Å². The van der Waals surface area contributed by atoms with Gasteiger partial charge in [0, 0.05) is 18.0 Å². The molecule has 0 aliphatic carbocycles. The Morgan fingerprint density at radius 2 is 1.67 bits per heavy atom. The van der Waals surface area contributed by atoms with Crippen LogP contribution in [-0.4, -0.2) is 17.6 Å². The molecule has 5 heteroatoms. The number of rotatable bonds is 3. The van der Waals surface area contributed by atoms with Gasteiger partial charge in [0.1, 0.15) is 6.07 Å². The monoisotopic (exact) mass is 352 g/mol. The van der Waals surface area contributed by atoms with Crippen LogP contribution in [-0.2, 0) is 0 Å². The fourth-order valence-electron chi connectivity index (χ4n) is 3.09. The van der Waals surface area contributed by atoms with Crippen LogP contribution in [0.5, 0.6) is 0 Å². The van der Waals surface area contributed by atoms with Crippen molar-refractivity contribution in [2.24, 2.45) is 0 Å². The zero-order chi connectivity index (χ0) is 18.6. The molecule has 0 unspecified atom stereocenters. The summed E-state index contributed by atoms with van der Waals surface area (Å²) in [7, 11) is 0. The molecular weight excluding hydrogens is 336 g/mol. The van der Waals surface area contributed by atoms with Crippen molar-refractivity contribution in [1.29, 1.82) is 5.26 Å². The lowest BCUT2D eigenvalue weighted by atomic mass is 10.1. The number of benzene rings is 2. The van der Waals surface area contributed by atoms with Crippen LogP contribution in [0.1, 0.15) is 11.3 Å². The lowest BCUT2D eigenvalue weighted by Crippen LogP contribution is -2.46. The second-order valence-corrected chi connectivity index (χ2v) is 6.07. The Morgan fingerprint density at radius 1 is 0.926 bits per heavy atom. The van der Waals surface area contributed by atoms with E-state index in [1.165, 1.54) is 0 Å². The number of anilines is 2. The van der Waals surface area contributed by atoms with E-state index in [1.54, 1.807) is 34.2 Å². The summed E-state index contributed by atoms with van der Waals surface area (Å²) >= 11 is 0. The maximum absolute atomic E-state index is 13.2. The summed E-state index contributed by atoms with van der Waals surface area (Å²) in [5.41, 5.74) is 3.50. The lowest BCUT2D eigenvalue weighted by Gasteiger charge is -2.34. The molecule has 0 atom stereocenters. The van der Waals surface area contributed by atoms with Crippen LogP contribution in [0, 0.1) is 11.3 Å². The lowest BCUT2D eigenvalue weighted by molar-refractivity contribution is 0.253. The maximum Gasteiger partial charge on any atom is 0.333 e. The van der Waals surface area contributed by atoms with Crippen LogP contribution in [0.15, 0.2) is 85.2 Å². The molecule has 0 saturated carbocycles. The van der Waals surface area contributed by atoms with Crippen molar-refractivity contribution in [3.63, 3.8) is 0 Å². The first-order valence-electron chi connectivity index (χ1n) is 8.55. The van der Waals surface area contributed by atoms with Gasteiger partial charge in [0.2, 0.25) is 0 Å². The zero-order valence-electron chi connectivity index (χ0n) is 14.5. The molecule has 0 saturated heterocycles. The smallest absolute Gasteiger partial charge is 0.288 e. The number of hydrogen-bond donors (Lipinski definition) is 0. The van der Waals surface area contributed by atoms with Crippen LogP contribution in [0.4, 0.5) is 16.2 Å². The molecule has 130 valence electrons. The molecule has 0 bridgehead atoms. The van der Waals surface area contributed by atoms with Gasteiger partial charge in [-0.2, -0.15) is 5.26 Å². The number of urea groups is 1. The molecule has 2 amide bonds. The SMILES string of the molecule is N#Cc1ccccc1N1CC(c2ccccn2)=CN(c2ccccc2)C1=O. The Balaban J connectivity index is 1.84. The van der Waals surface area contributed by atoms with Crippen LogP contribution in [0.25, 0.3) is 5.57 Å². The van der Waals surface area contributed by atoms with Crippen LogP contribution >= 0.6 is 0 Å². The van der Waals surface area contributed by atoms with Crippen molar-refractivity contribution in [3.8, 4) is 6.07 Å². The quantitative estimate of drug-likeness (QED) is 0.700. The number of nitrogens with zero attached hydrogens (tertiary/aromatic N) is 4. The topological polar surface area (TPSA) is 60.2 Å². The zero-order valence-corrected chi connectivity index (χ0v) is 14.5. The van der Waals surface area contributed by atoms with Gasteiger partial charge in [-0.3, -0.25) is 14.8 Å². The molecular formula is C22H16N4O. The van der Waals surface area contributed by atoms with Crippen LogP contribution in [0.2, 0.25) is 0 Å². The fourth-order valence-corrected chi connectivity index (χ4v) is 3.09. The average Bonchev–Trinajstić information content (AvgIpc) is 2.75. The number of para-hydroxylation sites is 2. The summed E-state index contributed by atoms with van der Waals surface area (Å²) in [6.45, 7) is 0.345. The van der Waals surface area contributed by atoms with Crippen molar-refractivity contribution in [2.75, 3.05) is 16.3 Å². The van der Waals surface area contributed by atoms with Gasteiger partial charge in [-0.05, 0) is 36.4 Å². The van der Waals surface area contributed by atoms with E-state index in [0.29, 0.717) is 17.8 Å². The molecule has 0 N–H and O–H groups in total. The van der Waals surface area contributed by atoms with Gasteiger partial charge in [0.05, 0.1) is 29.2 Å². The predicted octanol–water partition coefficient (Wildman–Crippen LogP) is 4.44. The highest BCUT2D eigenvalue weighted by atomic mass is 16.2. The second kappa shape index (κ2) is 7.14. The van der Waals surface area contributed by atoms with E-state index in [-0.39, 0.29) is 6.03 Å². The van der Waals surface area contributed by atoms with E-state index in [9.17, 15) is 10.1 Å². The Kier molecular flexibility index (Phi) is 4.38. The van der Waals surface area contributed by atoms with Gasteiger partial charge >= 0.3 is 6.03 Å². The van der Waals surface area contributed by atoms with Gasteiger partial charge < -0.3 is 0 Å². The predicted molar refractivity (Wildman–Crippen MR) is 105 cm³/mol. The molecule has 1 aromatic heterocycles. The highest BCUT2D eigenvalue weighted by Gasteiger charge is 2.30. The number of carbonyl (C=O) groups excluding carboxylic acids is 1. The van der Waals surface area contributed by atoms with Crippen LogP contribution < -0.4 is 9.80 Å². The number of nitriles is 1. The molecule has 1 aliphatic rings. The largest absolute Gasteiger partial charge is 0.333 e.